The molecule has 0 amide bonds. The van der Waals surface area contributed by atoms with Gasteiger partial charge in [-0.1, -0.05) is 23.7 Å². The molecule has 0 aliphatic heterocycles. The van der Waals surface area contributed by atoms with Crippen molar-refractivity contribution in [2.24, 2.45) is 0 Å². The number of aryl methyl sites for hydroxylation is 1. The van der Waals surface area contributed by atoms with E-state index in [9.17, 15) is 9.50 Å². The van der Waals surface area contributed by atoms with E-state index in [1.54, 1.807) is 31.2 Å². The lowest BCUT2D eigenvalue weighted by Gasteiger charge is -2.03. The Bertz CT molecular complexity index is 986. The Morgan fingerprint density at radius 1 is 1.23 bits per heavy atom. The lowest BCUT2D eigenvalue weighted by molar-refractivity contribution is 0.470. The molecule has 22 heavy (non-hydrogen) atoms. The first kappa shape index (κ1) is 14.7. The molecule has 0 unspecified atom stereocenters. The van der Waals surface area contributed by atoms with Crippen molar-refractivity contribution in [3.63, 3.8) is 0 Å². The summed E-state index contributed by atoms with van der Waals surface area (Å²) in [6.07, 6.45) is 1.84. The van der Waals surface area contributed by atoms with Crippen molar-refractivity contribution in [2.75, 3.05) is 0 Å². The van der Waals surface area contributed by atoms with E-state index in [0.29, 0.717) is 21.6 Å². The van der Waals surface area contributed by atoms with E-state index in [4.69, 9.17) is 16.0 Å². The second-order valence-electron chi connectivity index (χ2n) is 5.08. The summed E-state index contributed by atoms with van der Waals surface area (Å²) < 4.78 is 19.2. The van der Waals surface area contributed by atoms with Gasteiger partial charge >= 0.3 is 0 Å². The number of hydrogen-bond donors (Lipinski definition) is 1. The van der Waals surface area contributed by atoms with Crippen LogP contribution in [0.25, 0.3) is 22.8 Å². The van der Waals surface area contributed by atoms with Crippen LogP contribution in [0, 0.1) is 12.7 Å². The van der Waals surface area contributed by atoms with Crippen LogP contribution >= 0.6 is 11.6 Å². The largest absolute Gasteiger partial charge is 0.504 e. The number of furan rings is 1. The van der Waals surface area contributed by atoms with Crippen molar-refractivity contribution < 1.29 is 13.9 Å². The molecule has 0 spiro atoms. The van der Waals surface area contributed by atoms with Gasteiger partial charge in [0.25, 0.3) is 0 Å². The predicted molar refractivity (Wildman–Crippen MR) is 86.9 cm³/mol. The number of benzene rings is 2. The summed E-state index contributed by atoms with van der Waals surface area (Å²) in [5.74, 6) is -0.495. The molecule has 0 radical (unpaired) electrons. The fourth-order valence-corrected chi connectivity index (χ4v) is 2.70. The minimum Gasteiger partial charge on any atom is -0.504 e. The van der Waals surface area contributed by atoms with Gasteiger partial charge < -0.3 is 9.52 Å². The van der Waals surface area contributed by atoms with Gasteiger partial charge in [0, 0.05) is 21.2 Å². The lowest BCUT2D eigenvalue weighted by atomic mass is 10.1. The molecular formula is C18H14ClFO2. The van der Waals surface area contributed by atoms with Gasteiger partial charge in [-0.05, 0) is 49.7 Å². The molecule has 3 aromatic rings. The third-order valence-electron chi connectivity index (χ3n) is 3.65. The van der Waals surface area contributed by atoms with Gasteiger partial charge in [0.15, 0.2) is 11.2 Å². The van der Waals surface area contributed by atoms with E-state index < -0.39 is 5.82 Å². The maximum absolute atomic E-state index is 13.5. The van der Waals surface area contributed by atoms with Gasteiger partial charge in [-0.3, -0.25) is 0 Å². The normalized spacial score (nSPS) is 13.7. The van der Waals surface area contributed by atoms with Crippen LogP contribution in [0.3, 0.4) is 0 Å². The van der Waals surface area contributed by atoms with Crippen LogP contribution in [0.4, 0.5) is 4.39 Å². The fourth-order valence-electron chi connectivity index (χ4n) is 2.52. The van der Waals surface area contributed by atoms with Crippen LogP contribution in [0.2, 0.25) is 5.02 Å². The second kappa shape index (κ2) is 5.50. The quantitative estimate of drug-likeness (QED) is 0.735. The van der Waals surface area contributed by atoms with E-state index in [1.807, 2.05) is 13.0 Å². The highest BCUT2D eigenvalue weighted by Gasteiger charge is 2.12. The number of halogens is 2. The molecule has 0 saturated carbocycles. The first-order valence-corrected chi connectivity index (χ1v) is 7.23. The van der Waals surface area contributed by atoms with Crippen molar-refractivity contribution in [3.8, 4) is 0 Å². The third-order valence-corrected chi connectivity index (χ3v) is 3.88. The molecule has 2 aromatic carbocycles. The van der Waals surface area contributed by atoms with E-state index in [1.165, 1.54) is 12.1 Å². The van der Waals surface area contributed by atoms with Gasteiger partial charge in [0.2, 0.25) is 0 Å². The number of fused-ring (bicyclic) bond motifs is 1. The Kier molecular flexibility index (Phi) is 3.67. The Labute approximate surface area is 131 Å². The van der Waals surface area contributed by atoms with Gasteiger partial charge in [-0.25, -0.2) is 4.39 Å². The maximum Gasteiger partial charge on any atom is 0.177 e. The standard InChI is InChI=1S/C18H14ClFO2/c1-3-13-15-8-11(19)5-7-16(15)22-18(13)17(21)14-9-12(20)6-4-10(14)2/h3-9,21H,1-2H3/b13-3?,18-17-. The van der Waals surface area contributed by atoms with Crippen molar-refractivity contribution in [2.45, 2.75) is 13.8 Å². The molecule has 0 aliphatic carbocycles. The molecule has 2 nitrogen and oxygen atoms in total. The van der Waals surface area contributed by atoms with E-state index in [0.717, 1.165) is 16.2 Å². The van der Waals surface area contributed by atoms with Gasteiger partial charge in [-0.15, -0.1) is 0 Å². The number of hydrogen-bond acceptors (Lipinski definition) is 2. The topological polar surface area (TPSA) is 33.4 Å². The van der Waals surface area contributed by atoms with Crippen LogP contribution < -0.4 is 10.6 Å². The Balaban J connectivity index is 2.44. The van der Waals surface area contributed by atoms with Gasteiger partial charge in [0.1, 0.15) is 11.4 Å². The van der Waals surface area contributed by atoms with Crippen LogP contribution in [0.1, 0.15) is 18.1 Å². The summed E-state index contributed by atoms with van der Waals surface area (Å²) in [7, 11) is 0. The van der Waals surface area contributed by atoms with Gasteiger partial charge in [0.05, 0.1) is 0 Å². The summed E-state index contributed by atoms with van der Waals surface area (Å²) in [5, 5.41) is 12.7. The number of rotatable bonds is 1. The molecule has 0 fully saturated rings. The number of aliphatic hydroxyl groups is 1. The van der Waals surface area contributed by atoms with E-state index in [-0.39, 0.29) is 5.76 Å². The van der Waals surface area contributed by atoms with Gasteiger partial charge in [-0.2, -0.15) is 0 Å². The molecule has 3 rings (SSSR count). The zero-order valence-electron chi connectivity index (χ0n) is 12.2. The molecule has 1 heterocycles. The highest BCUT2D eigenvalue weighted by molar-refractivity contribution is 6.31. The summed E-state index contributed by atoms with van der Waals surface area (Å²) >= 11 is 6.03. The molecule has 4 heteroatoms. The monoisotopic (exact) mass is 316 g/mol. The lowest BCUT2D eigenvalue weighted by Crippen LogP contribution is -2.23. The minimum absolute atomic E-state index is 0.0857. The maximum atomic E-state index is 13.5. The minimum atomic E-state index is -0.409. The summed E-state index contributed by atoms with van der Waals surface area (Å²) in [5.41, 5.74) is 2.11. The Morgan fingerprint density at radius 2 is 2.00 bits per heavy atom. The molecule has 1 N–H and O–H groups in total. The smallest absolute Gasteiger partial charge is 0.177 e. The van der Waals surface area contributed by atoms with Crippen molar-refractivity contribution in [3.05, 3.63) is 69.0 Å². The average Bonchev–Trinajstić information content (AvgIpc) is 2.86. The summed E-state index contributed by atoms with van der Waals surface area (Å²) in [6, 6.07) is 9.53. The fraction of sp³-hybridized carbons (Fsp3) is 0.111. The zero-order valence-corrected chi connectivity index (χ0v) is 12.9. The molecule has 112 valence electrons. The van der Waals surface area contributed by atoms with Crippen molar-refractivity contribution in [1.82, 2.24) is 0 Å². The van der Waals surface area contributed by atoms with Crippen molar-refractivity contribution in [1.29, 1.82) is 0 Å². The third kappa shape index (κ3) is 2.38. The predicted octanol–water partition coefficient (Wildman–Crippen LogP) is 4.05. The zero-order chi connectivity index (χ0) is 15.9. The van der Waals surface area contributed by atoms with Crippen LogP contribution in [0.5, 0.6) is 0 Å². The Hall–Kier alpha value is -2.26. The summed E-state index contributed by atoms with van der Waals surface area (Å²) in [6.45, 7) is 3.65. The molecule has 1 aromatic heterocycles. The molecule has 0 atom stereocenters. The Morgan fingerprint density at radius 3 is 2.73 bits per heavy atom. The highest BCUT2D eigenvalue weighted by atomic mass is 35.5. The van der Waals surface area contributed by atoms with Crippen LogP contribution in [-0.2, 0) is 0 Å². The first-order valence-electron chi connectivity index (χ1n) is 6.85. The van der Waals surface area contributed by atoms with Crippen molar-refractivity contribution >= 4 is 34.4 Å². The summed E-state index contributed by atoms with van der Waals surface area (Å²) in [4.78, 5) is 0. The van der Waals surface area contributed by atoms with E-state index >= 15 is 0 Å². The van der Waals surface area contributed by atoms with Crippen LogP contribution in [-0.4, -0.2) is 5.11 Å². The average molecular weight is 317 g/mol. The van der Waals surface area contributed by atoms with Crippen LogP contribution in [0.15, 0.2) is 40.8 Å². The molecule has 0 bridgehead atoms. The number of aliphatic hydroxyl groups excluding tert-OH is 1. The van der Waals surface area contributed by atoms with E-state index in [2.05, 4.69) is 0 Å². The molecular weight excluding hydrogens is 303 g/mol. The SMILES string of the molecule is CC=c1/c(=C(/O)c2cc(F)ccc2C)oc2ccc(Cl)cc12. The molecule has 0 aliphatic rings. The first-order chi connectivity index (χ1) is 10.5. The second-order valence-corrected chi connectivity index (χ2v) is 5.52. The highest BCUT2D eigenvalue weighted by Crippen LogP contribution is 2.18. The molecule has 0 saturated heterocycles.